The van der Waals surface area contributed by atoms with Gasteiger partial charge < -0.3 is 9.47 Å². The number of hydrogen-bond donors (Lipinski definition) is 2. The molecular weight excluding hydrogens is 424 g/mol. The van der Waals surface area contributed by atoms with Crippen molar-refractivity contribution in [2.45, 2.75) is 12.8 Å². The van der Waals surface area contributed by atoms with Gasteiger partial charge in [0.05, 0.1) is 18.0 Å². The quantitative estimate of drug-likeness (QED) is 0.521. The molecule has 0 aliphatic heterocycles. The lowest BCUT2D eigenvalue weighted by molar-refractivity contribution is -0.142. The zero-order chi connectivity index (χ0) is 16.5. The Morgan fingerprint density at radius 3 is 2.41 bits per heavy atom. The maximum absolute atomic E-state index is 11.5. The SMILES string of the molecule is COC(=O)CCC(=O)NNC(=O)COc1ccc(Br)cc1Br. The zero-order valence-corrected chi connectivity index (χ0v) is 14.8. The number of carbonyl (C=O) groups excluding carboxylic acids is 3. The van der Waals surface area contributed by atoms with E-state index in [9.17, 15) is 14.4 Å². The third-order valence-electron chi connectivity index (χ3n) is 2.38. The lowest BCUT2D eigenvalue weighted by atomic mass is 10.3. The standard InChI is InChI=1S/C13H14Br2N2O5/c1-21-13(20)5-4-11(18)16-17-12(19)7-22-10-3-2-8(14)6-9(10)15/h2-3,6H,4-5,7H2,1H3,(H,16,18)(H,17,19). The second-order valence-electron chi connectivity index (χ2n) is 4.04. The number of nitrogens with one attached hydrogen (secondary N) is 2. The van der Waals surface area contributed by atoms with Crippen LogP contribution in [0.5, 0.6) is 5.75 Å². The molecule has 120 valence electrons. The van der Waals surface area contributed by atoms with Crippen LogP contribution >= 0.6 is 31.9 Å². The average molecular weight is 438 g/mol. The van der Waals surface area contributed by atoms with Crippen LogP contribution in [0.3, 0.4) is 0 Å². The summed E-state index contributed by atoms with van der Waals surface area (Å²) in [7, 11) is 1.24. The van der Waals surface area contributed by atoms with Crippen molar-refractivity contribution in [1.82, 2.24) is 10.9 Å². The smallest absolute Gasteiger partial charge is 0.306 e. The van der Waals surface area contributed by atoms with E-state index in [0.29, 0.717) is 10.2 Å². The summed E-state index contributed by atoms with van der Waals surface area (Å²) in [6.07, 6.45) is -0.132. The second-order valence-corrected chi connectivity index (χ2v) is 5.81. The second kappa shape index (κ2) is 9.42. The fraction of sp³-hybridized carbons (Fsp3) is 0.308. The van der Waals surface area contributed by atoms with Crippen LogP contribution in [0, 0.1) is 0 Å². The van der Waals surface area contributed by atoms with E-state index in [-0.39, 0.29) is 19.4 Å². The number of benzene rings is 1. The Kier molecular flexibility index (Phi) is 7.89. The zero-order valence-electron chi connectivity index (χ0n) is 11.7. The van der Waals surface area contributed by atoms with Crippen molar-refractivity contribution in [2.24, 2.45) is 0 Å². The highest BCUT2D eigenvalue weighted by atomic mass is 79.9. The van der Waals surface area contributed by atoms with Gasteiger partial charge in [-0.25, -0.2) is 0 Å². The Morgan fingerprint density at radius 1 is 1.09 bits per heavy atom. The molecule has 0 radical (unpaired) electrons. The summed E-state index contributed by atoms with van der Waals surface area (Å²) in [5, 5.41) is 0. The molecule has 1 rings (SSSR count). The number of methoxy groups -OCH3 is 1. The van der Waals surface area contributed by atoms with Crippen molar-refractivity contribution in [2.75, 3.05) is 13.7 Å². The van der Waals surface area contributed by atoms with Crippen LogP contribution in [-0.4, -0.2) is 31.5 Å². The van der Waals surface area contributed by atoms with Gasteiger partial charge in [-0.15, -0.1) is 0 Å². The van der Waals surface area contributed by atoms with Crippen molar-refractivity contribution in [3.63, 3.8) is 0 Å². The Balaban J connectivity index is 2.28. The molecule has 1 aromatic carbocycles. The average Bonchev–Trinajstić information content (AvgIpc) is 2.49. The Labute approximate surface area is 144 Å². The Bertz CT molecular complexity index is 565. The molecule has 0 fully saturated rings. The van der Waals surface area contributed by atoms with Gasteiger partial charge in [0.1, 0.15) is 5.75 Å². The van der Waals surface area contributed by atoms with E-state index in [4.69, 9.17) is 4.74 Å². The van der Waals surface area contributed by atoms with Crippen LogP contribution in [-0.2, 0) is 19.1 Å². The molecule has 0 unspecified atom stereocenters. The maximum Gasteiger partial charge on any atom is 0.306 e. The first-order chi connectivity index (χ1) is 10.4. The van der Waals surface area contributed by atoms with Crippen molar-refractivity contribution in [3.05, 3.63) is 27.1 Å². The largest absolute Gasteiger partial charge is 0.483 e. The maximum atomic E-state index is 11.5. The summed E-state index contributed by atoms with van der Waals surface area (Å²) in [6, 6.07) is 5.24. The fourth-order valence-corrected chi connectivity index (χ4v) is 2.45. The predicted molar refractivity (Wildman–Crippen MR) is 84.9 cm³/mol. The van der Waals surface area contributed by atoms with Crippen molar-refractivity contribution >= 4 is 49.6 Å². The van der Waals surface area contributed by atoms with Crippen LogP contribution in [0.1, 0.15) is 12.8 Å². The van der Waals surface area contributed by atoms with E-state index in [1.165, 1.54) is 7.11 Å². The molecule has 0 aromatic heterocycles. The molecule has 1 aromatic rings. The molecule has 0 atom stereocenters. The first-order valence-electron chi connectivity index (χ1n) is 6.14. The molecular formula is C13H14Br2N2O5. The fourth-order valence-electron chi connectivity index (χ4n) is 1.29. The predicted octanol–water partition coefficient (Wildman–Crippen LogP) is 1.69. The van der Waals surface area contributed by atoms with Crippen LogP contribution < -0.4 is 15.6 Å². The highest BCUT2D eigenvalue weighted by Gasteiger charge is 2.09. The number of rotatable bonds is 6. The first kappa shape index (κ1) is 18.4. The van der Waals surface area contributed by atoms with E-state index in [1.807, 2.05) is 0 Å². The van der Waals surface area contributed by atoms with E-state index >= 15 is 0 Å². The summed E-state index contributed by atoms with van der Waals surface area (Å²) < 4.78 is 11.3. The Morgan fingerprint density at radius 2 is 1.77 bits per heavy atom. The molecule has 9 heteroatoms. The minimum atomic E-state index is -0.527. The highest BCUT2D eigenvalue weighted by Crippen LogP contribution is 2.27. The molecule has 0 heterocycles. The van der Waals surface area contributed by atoms with E-state index in [0.717, 1.165) is 4.47 Å². The lowest BCUT2D eigenvalue weighted by Gasteiger charge is -2.10. The first-order valence-corrected chi connectivity index (χ1v) is 7.73. The van der Waals surface area contributed by atoms with Crippen LogP contribution in [0.4, 0.5) is 0 Å². The van der Waals surface area contributed by atoms with Gasteiger partial charge in [0.15, 0.2) is 6.61 Å². The van der Waals surface area contributed by atoms with Gasteiger partial charge >= 0.3 is 5.97 Å². The number of hydrogen-bond acceptors (Lipinski definition) is 5. The molecule has 0 bridgehead atoms. The number of esters is 1. The van der Waals surface area contributed by atoms with Gasteiger partial charge in [-0.1, -0.05) is 15.9 Å². The van der Waals surface area contributed by atoms with E-state index in [2.05, 4.69) is 47.4 Å². The van der Waals surface area contributed by atoms with Crippen LogP contribution in [0.25, 0.3) is 0 Å². The Hall–Kier alpha value is -1.61. The van der Waals surface area contributed by atoms with Crippen molar-refractivity contribution < 1.29 is 23.9 Å². The van der Waals surface area contributed by atoms with Gasteiger partial charge in [-0.3, -0.25) is 25.2 Å². The topological polar surface area (TPSA) is 93.7 Å². The minimum Gasteiger partial charge on any atom is -0.483 e. The summed E-state index contributed by atoms with van der Waals surface area (Å²) in [5.41, 5.74) is 4.36. The van der Waals surface area contributed by atoms with Gasteiger partial charge in [0.25, 0.3) is 5.91 Å². The summed E-state index contributed by atoms with van der Waals surface area (Å²) in [6.45, 7) is -0.266. The van der Waals surface area contributed by atoms with Crippen LogP contribution in [0.15, 0.2) is 27.1 Å². The van der Waals surface area contributed by atoms with Gasteiger partial charge in [-0.05, 0) is 34.1 Å². The molecule has 7 nitrogen and oxygen atoms in total. The molecule has 2 N–H and O–H groups in total. The number of ether oxygens (including phenoxy) is 2. The minimum absolute atomic E-state index is 0.0550. The number of amides is 2. The van der Waals surface area contributed by atoms with E-state index in [1.54, 1.807) is 18.2 Å². The van der Waals surface area contributed by atoms with Gasteiger partial charge in [0.2, 0.25) is 5.91 Å². The molecule has 0 saturated carbocycles. The van der Waals surface area contributed by atoms with E-state index < -0.39 is 17.8 Å². The number of carbonyl (C=O) groups is 3. The van der Waals surface area contributed by atoms with Crippen LogP contribution in [0.2, 0.25) is 0 Å². The normalized spacial score (nSPS) is 9.77. The highest BCUT2D eigenvalue weighted by molar-refractivity contribution is 9.11. The van der Waals surface area contributed by atoms with Gasteiger partial charge in [0, 0.05) is 10.9 Å². The number of hydrazine groups is 1. The third kappa shape index (κ3) is 6.90. The molecule has 0 saturated heterocycles. The lowest BCUT2D eigenvalue weighted by Crippen LogP contribution is -2.43. The van der Waals surface area contributed by atoms with Crippen molar-refractivity contribution in [3.8, 4) is 5.75 Å². The molecule has 2 amide bonds. The monoisotopic (exact) mass is 436 g/mol. The van der Waals surface area contributed by atoms with Crippen molar-refractivity contribution in [1.29, 1.82) is 0 Å². The summed E-state index contributed by atoms with van der Waals surface area (Å²) >= 11 is 6.60. The number of halogens is 2. The molecule has 0 aliphatic carbocycles. The summed E-state index contributed by atoms with van der Waals surface area (Å²) in [5.74, 6) is -1.02. The molecule has 22 heavy (non-hydrogen) atoms. The molecule has 0 spiro atoms. The third-order valence-corrected chi connectivity index (χ3v) is 3.49. The molecule has 0 aliphatic rings. The summed E-state index contributed by atoms with van der Waals surface area (Å²) in [4.78, 5) is 33.7. The van der Waals surface area contributed by atoms with Gasteiger partial charge in [-0.2, -0.15) is 0 Å².